The van der Waals surface area contributed by atoms with Crippen LogP contribution in [0.5, 0.6) is 0 Å². The molecule has 2 rings (SSSR count). The first kappa shape index (κ1) is 22.9. The van der Waals surface area contributed by atoms with E-state index in [-0.39, 0.29) is 35.8 Å². The molecule has 1 atom stereocenters. The zero-order chi connectivity index (χ0) is 18.1. The van der Waals surface area contributed by atoms with E-state index in [0.717, 1.165) is 25.2 Å². The van der Waals surface area contributed by atoms with Crippen LogP contribution < -0.4 is 15.5 Å². The van der Waals surface area contributed by atoms with Crippen molar-refractivity contribution in [1.82, 2.24) is 10.6 Å². The van der Waals surface area contributed by atoms with Gasteiger partial charge in [-0.15, -0.1) is 24.0 Å². The first-order valence-corrected chi connectivity index (χ1v) is 8.79. The Hall–Kier alpha value is -1.13. The first-order chi connectivity index (χ1) is 12.1. The molecule has 6 nitrogen and oxygen atoms in total. The number of aliphatic imine (C=N–C) groups is 1. The van der Waals surface area contributed by atoms with Crippen molar-refractivity contribution in [2.75, 3.05) is 51.5 Å². The average molecular weight is 480 g/mol. The molecule has 1 fully saturated rings. The number of methoxy groups -OCH3 is 1. The summed E-state index contributed by atoms with van der Waals surface area (Å²) in [6.45, 7) is 8.52. The predicted octanol–water partition coefficient (Wildman–Crippen LogP) is 2.37. The third kappa shape index (κ3) is 7.24. The number of nitrogens with zero attached hydrogens (tertiary/aromatic N) is 2. The number of hydrogen-bond acceptors (Lipinski definition) is 4. The normalized spacial score (nSPS) is 16.0. The Morgan fingerprint density at radius 1 is 1.38 bits per heavy atom. The summed E-state index contributed by atoms with van der Waals surface area (Å²) in [7, 11) is 1.67. The molecule has 2 N–H and O–H groups in total. The standard InChI is InChI=1S/C18H29FN4O2.HI/c1-4-20-18(22-14(2)13-24-3)21-12-15-5-6-17(16(19)11-15)23-7-9-25-10-8-23;/h5-6,11,14H,4,7-10,12-13H2,1-3H3,(H2,20,21,22);1H. The Balaban J connectivity index is 0.00000338. The summed E-state index contributed by atoms with van der Waals surface area (Å²) in [6, 6.07) is 5.47. The Kier molecular flexibility index (Phi) is 10.8. The van der Waals surface area contributed by atoms with Crippen molar-refractivity contribution in [1.29, 1.82) is 0 Å². The van der Waals surface area contributed by atoms with Gasteiger partial charge in [-0.25, -0.2) is 9.38 Å². The number of anilines is 1. The van der Waals surface area contributed by atoms with Gasteiger partial charge in [-0.05, 0) is 31.5 Å². The Bertz CT molecular complexity index is 568. The minimum absolute atomic E-state index is 0. The molecule has 0 radical (unpaired) electrons. The fraction of sp³-hybridized carbons (Fsp3) is 0.611. The van der Waals surface area contributed by atoms with Gasteiger partial charge in [0.05, 0.1) is 32.1 Å². The molecule has 1 aliphatic heterocycles. The van der Waals surface area contributed by atoms with Crippen molar-refractivity contribution in [3.8, 4) is 0 Å². The van der Waals surface area contributed by atoms with E-state index in [0.29, 0.717) is 38.0 Å². The molecule has 0 spiro atoms. The lowest BCUT2D eigenvalue weighted by molar-refractivity contribution is 0.122. The lowest BCUT2D eigenvalue weighted by Gasteiger charge is -2.29. The summed E-state index contributed by atoms with van der Waals surface area (Å²) in [4.78, 5) is 6.55. The van der Waals surface area contributed by atoms with Crippen LogP contribution in [0.4, 0.5) is 10.1 Å². The molecule has 8 heteroatoms. The van der Waals surface area contributed by atoms with Crippen LogP contribution in [0.2, 0.25) is 0 Å². The second-order valence-electron chi connectivity index (χ2n) is 6.08. The Morgan fingerprint density at radius 2 is 2.12 bits per heavy atom. The topological polar surface area (TPSA) is 58.1 Å². The van der Waals surface area contributed by atoms with Crippen molar-refractivity contribution in [2.24, 2.45) is 4.99 Å². The predicted molar refractivity (Wildman–Crippen MR) is 114 cm³/mol. The van der Waals surface area contributed by atoms with Gasteiger partial charge in [0.25, 0.3) is 0 Å². The highest BCUT2D eigenvalue weighted by Gasteiger charge is 2.15. The highest BCUT2D eigenvalue weighted by atomic mass is 127. The molecular formula is C18H30FIN4O2. The molecule has 26 heavy (non-hydrogen) atoms. The molecule has 0 aromatic heterocycles. The molecule has 1 unspecified atom stereocenters. The minimum atomic E-state index is -0.208. The zero-order valence-electron chi connectivity index (χ0n) is 15.8. The van der Waals surface area contributed by atoms with Gasteiger partial charge in [0, 0.05) is 32.8 Å². The van der Waals surface area contributed by atoms with Crippen molar-refractivity contribution < 1.29 is 13.9 Å². The fourth-order valence-electron chi connectivity index (χ4n) is 2.72. The number of morpholine rings is 1. The maximum absolute atomic E-state index is 14.4. The third-order valence-corrected chi connectivity index (χ3v) is 3.93. The zero-order valence-corrected chi connectivity index (χ0v) is 18.1. The van der Waals surface area contributed by atoms with Crippen LogP contribution in [-0.2, 0) is 16.0 Å². The number of benzene rings is 1. The average Bonchev–Trinajstić information content (AvgIpc) is 2.61. The van der Waals surface area contributed by atoms with E-state index in [4.69, 9.17) is 9.47 Å². The molecule has 0 saturated carbocycles. The van der Waals surface area contributed by atoms with Crippen LogP contribution in [0.25, 0.3) is 0 Å². The van der Waals surface area contributed by atoms with Crippen molar-refractivity contribution in [2.45, 2.75) is 26.4 Å². The van der Waals surface area contributed by atoms with E-state index in [2.05, 4.69) is 15.6 Å². The SMILES string of the molecule is CCNC(=NCc1ccc(N2CCOCC2)c(F)c1)NC(C)COC.I. The highest BCUT2D eigenvalue weighted by molar-refractivity contribution is 14.0. The summed E-state index contributed by atoms with van der Waals surface area (Å²) in [5, 5.41) is 6.45. The number of halogens is 2. The molecule has 148 valence electrons. The maximum Gasteiger partial charge on any atom is 0.191 e. The van der Waals surface area contributed by atoms with E-state index in [1.807, 2.05) is 30.9 Å². The summed E-state index contributed by atoms with van der Waals surface area (Å²) >= 11 is 0. The molecule has 1 aliphatic rings. The number of nitrogens with one attached hydrogen (secondary N) is 2. The van der Waals surface area contributed by atoms with E-state index in [9.17, 15) is 4.39 Å². The molecule has 1 aromatic carbocycles. The summed E-state index contributed by atoms with van der Waals surface area (Å²) in [5.41, 5.74) is 1.47. The van der Waals surface area contributed by atoms with E-state index in [1.165, 1.54) is 0 Å². The number of rotatable bonds is 7. The molecule has 1 aromatic rings. The summed E-state index contributed by atoms with van der Waals surface area (Å²) in [6.07, 6.45) is 0. The summed E-state index contributed by atoms with van der Waals surface area (Å²) < 4.78 is 24.9. The number of ether oxygens (including phenoxy) is 2. The highest BCUT2D eigenvalue weighted by Crippen LogP contribution is 2.21. The smallest absolute Gasteiger partial charge is 0.191 e. The van der Waals surface area contributed by atoms with Crippen LogP contribution in [0.1, 0.15) is 19.4 Å². The Morgan fingerprint density at radius 3 is 2.73 bits per heavy atom. The monoisotopic (exact) mass is 480 g/mol. The molecule has 1 heterocycles. The lowest BCUT2D eigenvalue weighted by Crippen LogP contribution is -2.43. The lowest BCUT2D eigenvalue weighted by atomic mass is 10.1. The van der Waals surface area contributed by atoms with Gasteiger partial charge in [0.15, 0.2) is 5.96 Å². The van der Waals surface area contributed by atoms with Gasteiger partial charge in [0.2, 0.25) is 0 Å². The molecule has 0 bridgehead atoms. The molecule has 0 aliphatic carbocycles. The van der Waals surface area contributed by atoms with Gasteiger partial charge < -0.3 is 25.0 Å². The molecular weight excluding hydrogens is 450 g/mol. The van der Waals surface area contributed by atoms with Gasteiger partial charge >= 0.3 is 0 Å². The minimum Gasteiger partial charge on any atom is -0.383 e. The largest absolute Gasteiger partial charge is 0.383 e. The maximum atomic E-state index is 14.4. The van der Waals surface area contributed by atoms with Gasteiger partial charge in [-0.3, -0.25) is 0 Å². The number of guanidine groups is 1. The van der Waals surface area contributed by atoms with Crippen molar-refractivity contribution in [3.05, 3.63) is 29.6 Å². The summed E-state index contributed by atoms with van der Waals surface area (Å²) in [5.74, 6) is 0.491. The van der Waals surface area contributed by atoms with Crippen LogP contribution in [0, 0.1) is 5.82 Å². The van der Waals surface area contributed by atoms with Crippen LogP contribution in [-0.4, -0.2) is 58.6 Å². The van der Waals surface area contributed by atoms with Crippen molar-refractivity contribution in [3.63, 3.8) is 0 Å². The fourth-order valence-corrected chi connectivity index (χ4v) is 2.72. The van der Waals surface area contributed by atoms with Crippen LogP contribution in [0.15, 0.2) is 23.2 Å². The van der Waals surface area contributed by atoms with Crippen molar-refractivity contribution >= 4 is 35.6 Å². The van der Waals surface area contributed by atoms with E-state index in [1.54, 1.807) is 13.2 Å². The number of hydrogen-bond donors (Lipinski definition) is 2. The second-order valence-corrected chi connectivity index (χ2v) is 6.08. The first-order valence-electron chi connectivity index (χ1n) is 8.79. The third-order valence-electron chi connectivity index (χ3n) is 3.93. The van der Waals surface area contributed by atoms with Gasteiger partial charge in [0.1, 0.15) is 5.82 Å². The second kappa shape index (κ2) is 12.3. The molecule has 0 amide bonds. The quantitative estimate of drug-likeness (QED) is 0.357. The Labute approximate surface area is 172 Å². The van der Waals surface area contributed by atoms with Gasteiger partial charge in [-0.2, -0.15) is 0 Å². The van der Waals surface area contributed by atoms with E-state index < -0.39 is 0 Å². The molecule has 1 saturated heterocycles. The van der Waals surface area contributed by atoms with E-state index >= 15 is 0 Å². The van der Waals surface area contributed by atoms with Crippen LogP contribution >= 0.6 is 24.0 Å². The van der Waals surface area contributed by atoms with Crippen LogP contribution in [0.3, 0.4) is 0 Å². The van der Waals surface area contributed by atoms with Gasteiger partial charge in [-0.1, -0.05) is 6.07 Å².